The Labute approximate surface area is 227 Å². The van der Waals surface area contributed by atoms with Gasteiger partial charge in [0.15, 0.2) is 17.0 Å². The molecule has 0 saturated heterocycles. The van der Waals surface area contributed by atoms with Crippen molar-refractivity contribution in [2.75, 3.05) is 22.6 Å². The first-order chi connectivity index (χ1) is 18.8. The van der Waals surface area contributed by atoms with Crippen LogP contribution in [0, 0.1) is 0 Å². The molecule has 2 heterocycles. The molecule has 208 valence electrons. The second kappa shape index (κ2) is 10.7. The molecular weight excluding hydrogens is 527 g/mol. The third kappa shape index (κ3) is 6.20. The maximum absolute atomic E-state index is 13.3. The number of urea groups is 1. The van der Waals surface area contributed by atoms with E-state index in [4.69, 9.17) is 4.74 Å². The van der Waals surface area contributed by atoms with Crippen LogP contribution < -0.4 is 15.5 Å². The van der Waals surface area contributed by atoms with Crippen LogP contribution in [0.5, 0.6) is 0 Å². The molecule has 0 aliphatic heterocycles. The highest BCUT2D eigenvalue weighted by atomic mass is 19.4. The summed E-state index contributed by atoms with van der Waals surface area (Å²) < 4.78 is 47.0. The number of nitrogens with zero attached hydrogens (tertiary/aromatic N) is 5. The number of imidazole rings is 1. The number of amides is 3. The van der Waals surface area contributed by atoms with E-state index in [1.807, 2.05) is 0 Å². The number of nitrogens with one attached hydrogen (secondary N) is 2. The monoisotopic (exact) mass is 553 g/mol. The molecule has 4 rings (SSSR count). The lowest BCUT2D eigenvalue weighted by atomic mass is 10.1. The molecule has 0 fully saturated rings. The van der Waals surface area contributed by atoms with Gasteiger partial charge >= 0.3 is 18.3 Å². The molecule has 0 saturated carbocycles. The number of hydrogen-bond acceptors (Lipinski definition) is 6. The van der Waals surface area contributed by atoms with Gasteiger partial charge in [0.1, 0.15) is 18.3 Å². The minimum atomic E-state index is -4.60. The number of rotatable bonds is 5. The molecule has 3 amide bonds. The molecule has 0 atom stereocenters. The summed E-state index contributed by atoms with van der Waals surface area (Å²) in [6.07, 6.45) is -1.26. The summed E-state index contributed by atoms with van der Waals surface area (Å²) >= 11 is 0. The molecule has 2 aromatic carbocycles. The lowest BCUT2D eigenvalue weighted by Crippen LogP contribution is -2.34. The standard InChI is InChI=1S/C27H26F3N7O3/c1-6-16-7-8-18(13-20(16)27(28,29)30)35-24(38)34-17-9-11-19(12-10-17)37-15-33-21-22(31-14-32-23(21)37)36(5)25(39)40-26(2,3)4/h6-15H,1H2,2-5H3,(H2,34,35,38). The second-order valence-corrected chi connectivity index (χ2v) is 9.65. The Hall–Kier alpha value is -4.94. The molecule has 0 radical (unpaired) electrons. The summed E-state index contributed by atoms with van der Waals surface area (Å²) in [5.74, 6) is 0.266. The number of anilines is 3. The van der Waals surface area contributed by atoms with Crippen molar-refractivity contribution in [2.45, 2.75) is 32.5 Å². The van der Waals surface area contributed by atoms with Gasteiger partial charge in [0.2, 0.25) is 0 Å². The number of halogens is 3. The predicted octanol–water partition coefficient (Wildman–Crippen LogP) is 6.49. The van der Waals surface area contributed by atoms with Crippen molar-refractivity contribution in [2.24, 2.45) is 0 Å². The third-order valence-corrected chi connectivity index (χ3v) is 5.54. The number of benzene rings is 2. The van der Waals surface area contributed by atoms with Crippen molar-refractivity contribution < 1.29 is 27.5 Å². The Morgan fingerprint density at radius 1 is 1.00 bits per heavy atom. The maximum Gasteiger partial charge on any atom is 0.417 e. The van der Waals surface area contributed by atoms with Gasteiger partial charge in [-0.25, -0.2) is 24.5 Å². The zero-order valence-corrected chi connectivity index (χ0v) is 22.1. The number of carbonyl (C=O) groups is 2. The molecule has 10 nitrogen and oxygen atoms in total. The molecule has 0 spiro atoms. The van der Waals surface area contributed by atoms with E-state index in [-0.39, 0.29) is 17.1 Å². The second-order valence-electron chi connectivity index (χ2n) is 9.65. The van der Waals surface area contributed by atoms with E-state index in [0.29, 0.717) is 22.5 Å². The van der Waals surface area contributed by atoms with Gasteiger partial charge in [-0.05, 0) is 62.7 Å². The van der Waals surface area contributed by atoms with E-state index >= 15 is 0 Å². The van der Waals surface area contributed by atoms with Crippen LogP contribution in [0.25, 0.3) is 22.9 Å². The van der Waals surface area contributed by atoms with Crippen molar-refractivity contribution in [3.8, 4) is 5.69 Å². The molecule has 0 aliphatic rings. The Morgan fingerprint density at radius 2 is 1.65 bits per heavy atom. The smallest absolute Gasteiger partial charge is 0.417 e. The number of ether oxygens (including phenoxy) is 1. The van der Waals surface area contributed by atoms with Gasteiger partial charge in [0.25, 0.3) is 0 Å². The zero-order valence-electron chi connectivity index (χ0n) is 22.1. The van der Waals surface area contributed by atoms with Gasteiger partial charge < -0.3 is 15.4 Å². The van der Waals surface area contributed by atoms with Crippen LogP contribution in [-0.4, -0.2) is 44.3 Å². The summed E-state index contributed by atoms with van der Waals surface area (Å²) in [4.78, 5) is 39.1. The molecule has 0 bridgehead atoms. The largest absolute Gasteiger partial charge is 0.443 e. The molecule has 13 heteroatoms. The fourth-order valence-electron chi connectivity index (χ4n) is 3.73. The number of aromatic nitrogens is 4. The van der Waals surface area contributed by atoms with Crippen LogP contribution in [0.4, 0.5) is 40.0 Å². The molecule has 0 unspecified atom stereocenters. The lowest BCUT2D eigenvalue weighted by molar-refractivity contribution is -0.137. The number of hydrogen-bond donors (Lipinski definition) is 2. The van der Waals surface area contributed by atoms with Crippen molar-refractivity contribution in [1.82, 2.24) is 19.5 Å². The quantitative estimate of drug-likeness (QED) is 0.292. The molecule has 2 aromatic heterocycles. The Balaban J connectivity index is 1.50. The number of alkyl halides is 3. The molecule has 0 aliphatic carbocycles. The van der Waals surface area contributed by atoms with Crippen molar-refractivity contribution in [1.29, 1.82) is 0 Å². The van der Waals surface area contributed by atoms with E-state index in [1.54, 1.807) is 49.6 Å². The minimum absolute atomic E-state index is 0.0243. The average molecular weight is 554 g/mol. The van der Waals surface area contributed by atoms with E-state index in [0.717, 1.165) is 12.1 Å². The van der Waals surface area contributed by atoms with Gasteiger partial charge in [-0.1, -0.05) is 18.7 Å². The summed E-state index contributed by atoms with van der Waals surface area (Å²) in [5.41, 5.74) is 0.143. The van der Waals surface area contributed by atoms with Crippen molar-refractivity contribution >= 4 is 46.6 Å². The van der Waals surface area contributed by atoms with E-state index in [2.05, 4.69) is 32.2 Å². The molecule has 4 aromatic rings. The summed E-state index contributed by atoms with van der Waals surface area (Å²) in [7, 11) is 1.53. The maximum atomic E-state index is 13.3. The topological polar surface area (TPSA) is 114 Å². The van der Waals surface area contributed by atoms with Gasteiger partial charge in [0.05, 0.1) is 5.56 Å². The first-order valence-electron chi connectivity index (χ1n) is 11.9. The SMILES string of the molecule is C=Cc1ccc(NC(=O)Nc2ccc(-n3cnc4c(N(C)C(=O)OC(C)(C)C)ncnc43)cc2)cc1C(F)(F)F. The van der Waals surface area contributed by atoms with Crippen LogP contribution in [0.1, 0.15) is 31.9 Å². The number of carbonyl (C=O) groups excluding carboxylic acids is 2. The first-order valence-corrected chi connectivity index (χ1v) is 11.9. The van der Waals surface area contributed by atoms with Crippen LogP contribution in [0.2, 0.25) is 0 Å². The highest BCUT2D eigenvalue weighted by Crippen LogP contribution is 2.34. The van der Waals surface area contributed by atoms with Crippen molar-refractivity contribution in [3.05, 3.63) is 72.8 Å². The summed E-state index contributed by atoms with van der Waals surface area (Å²) in [5, 5.41) is 4.98. The van der Waals surface area contributed by atoms with Crippen LogP contribution in [0.3, 0.4) is 0 Å². The molecule has 40 heavy (non-hydrogen) atoms. The van der Waals surface area contributed by atoms with Gasteiger partial charge in [-0.15, -0.1) is 0 Å². The van der Waals surface area contributed by atoms with Crippen LogP contribution >= 0.6 is 0 Å². The minimum Gasteiger partial charge on any atom is -0.443 e. The fraction of sp³-hybridized carbons (Fsp3) is 0.222. The predicted molar refractivity (Wildman–Crippen MR) is 145 cm³/mol. The lowest BCUT2D eigenvalue weighted by Gasteiger charge is -2.24. The zero-order chi connectivity index (χ0) is 29.2. The number of fused-ring (bicyclic) bond motifs is 1. The van der Waals surface area contributed by atoms with Crippen molar-refractivity contribution in [3.63, 3.8) is 0 Å². The van der Waals surface area contributed by atoms with Gasteiger partial charge in [-0.2, -0.15) is 13.2 Å². The summed E-state index contributed by atoms with van der Waals surface area (Å²) in [6.45, 7) is 8.67. The first kappa shape index (κ1) is 28.1. The Bertz CT molecular complexity index is 1580. The highest BCUT2D eigenvalue weighted by Gasteiger charge is 2.33. The van der Waals surface area contributed by atoms with Crippen LogP contribution in [-0.2, 0) is 10.9 Å². The fourth-order valence-corrected chi connectivity index (χ4v) is 3.73. The molecular formula is C27H26F3N7O3. The Kier molecular flexibility index (Phi) is 7.49. The normalized spacial score (nSPS) is 11.7. The average Bonchev–Trinajstić information content (AvgIpc) is 3.31. The van der Waals surface area contributed by atoms with Gasteiger partial charge in [0, 0.05) is 24.1 Å². The van der Waals surface area contributed by atoms with E-state index in [9.17, 15) is 22.8 Å². The molecule has 2 N–H and O–H groups in total. The van der Waals surface area contributed by atoms with Crippen LogP contribution in [0.15, 0.2) is 61.7 Å². The third-order valence-electron chi connectivity index (χ3n) is 5.54. The Morgan fingerprint density at radius 3 is 2.27 bits per heavy atom. The highest BCUT2D eigenvalue weighted by molar-refractivity contribution is 6.00. The summed E-state index contributed by atoms with van der Waals surface area (Å²) in [6, 6.07) is 9.32. The van der Waals surface area contributed by atoms with E-state index < -0.39 is 29.5 Å². The van der Waals surface area contributed by atoms with E-state index in [1.165, 1.54) is 36.7 Å². The van der Waals surface area contributed by atoms with Gasteiger partial charge in [-0.3, -0.25) is 9.47 Å².